The molecule has 1 rings (SSSR count). The molecule has 0 spiro atoms. The summed E-state index contributed by atoms with van der Waals surface area (Å²) in [7, 11) is 0. The summed E-state index contributed by atoms with van der Waals surface area (Å²) in [6.45, 7) is 0. The molecule has 1 heteroatoms. The molecule has 0 saturated heterocycles. The Morgan fingerprint density at radius 2 is 1.89 bits per heavy atom. The quantitative estimate of drug-likeness (QED) is 0.383. The fraction of sp³-hybridized carbons (Fsp3) is 0.500. The van der Waals surface area contributed by atoms with Crippen LogP contribution in [0, 0.1) is 0 Å². The zero-order valence-electron chi connectivity index (χ0n) is 5.38. The van der Waals surface area contributed by atoms with E-state index in [1.807, 2.05) is 0 Å². The number of hydrogen-bond donors (Lipinski definition) is 0. The van der Waals surface area contributed by atoms with Crippen molar-refractivity contribution in [2.75, 3.05) is 0 Å². The van der Waals surface area contributed by atoms with Gasteiger partial charge in [-0.25, -0.2) is 0 Å². The van der Waals surface area contributed by atoms with Crippen LogP contribution in [-0.4, -0.2) is 0 Å². The fourth-order valence-electron chi connectivity index (χ4n) is 0.877. The molecular formula is C8H11Ni. The van der Waals surface area contributed by atoms with Crippen LogP contribution in [0.1, 0.15) is 25.7 Å². The Kier molecular flexibility index (Phi) is 3.07. The molecule has 0 amide bonds. The first-order valence-electron chi connectivity index (χ1n) is 3.36. The van der Waals surface area contributed by atoms with E-state index in [9.17, 15) is 0 Å². The fourth-order valence-corrected chi connectivity index (χ4v) is 1.16. The third kappa shape index (κ3) is 2.86. The van der Waals surface area contributed by atoms with E-state index < -0.39 is 0 Å². The molecule has 0 aromatic carbocycles. The Labute approximate surface area is 64.4 Å². The molecule has 0 bridgehead atoms. The van der Waals surface area contributed by atoms with Crippen LogP contribution in [0.15, 0.2) is 22.8 Å². The number of rotatable bonds is 0. The zero-order valence-corrected chi connectivity index (χ0v) is 6.36. The van der Waals surface area contributed by atoms with E-state index >= 15 is 0 Å². The van der Waals surface area contributed by atoms with Crippen molar-refractivity contribution in [3.05, 3.63) is 22.8 Å². The second kappa shape index (κ2) is 3.90. The van der Waals surface area contributed by atoms with Crippen LogP contribution in [-0.2, 0) is 15.5 Å². The molecule has 0 saturated carbocycles. The van der Waals surface area contributed by atoms with Crippen molar-refractivity contribution in [1.82, 2.24) is 0 Å². The molecule has 0 N–H and O–H groups in total. The molecule has 9 heavy (non-hydrogen) atoms. The van der Waals surface area contributed by atoms with Crippen molar-refractivity contribution in [1.29, 1.82) is 0 Å². The van der Waals surface area contributed by atoms with E-state index in [1.54, 1.807) is 0 Å². The SMILES string of the molecule is [Ni]/[C]1=C/CC/C=C\CC1. The summed E-state index contributed by atoms with van der Waals surface area (Å²) in [4.78, 5) is 0. The van der Waals surface area contributed by atoms with E-state index in [0.717, 1.165) is 19.3 Å². The molecule has 0 nitrogen and oxygen atoms in total. The number of hydrogen-bond acceptors (Lipinski definition) is 0. The van der Waals surface area contributed by atoms with E-state index in [1.165, 1.54) is 11.0 Å². The molecule has 0 aliphatic heterocycles. The first kappa shape index (κ1) is 7.08. The predicted octanol–water partition coefficient (Wildman–Crippen LogP) is 2.55. The summed E-state index contributed by atoms with van der Waals surface area (Å²) in [6.07, 6.45) is 11.2. The summed E-state index contributed by atoms with van der Waals surface area (Å²) in [5.74, 6) is 0. The summed E-state index contributed by atoms with van der Waals surface area (Å²) in [5.41, 5.74) is 0. The van der Waals surface area contributed by atoms with Crippen LogP contribution in [0.3, 0.4) is 0 Å². The van der Waals surface area contributed by atoms with Gasteiger partial charge in [0.1, 0.15) is 0 Å². The Hall–Kier alpha value is -0.0265. The third-order valence-electron chi connectivity index (χ3n) is 1.39. The normalized spacial score (nSPS) is 29.8. The van der Waals surface area contributed by atoms with Gasteiger partial charge >= 0.3 is 63.9 Å². The van der Waals surface area contributed by atoms with Gasteiger partial charge in [0.25, 0.3) is 0 Å². The van der Waals surface area contributed by atoms with Gasteiger partial charge in [0.15, 0.2) is 0 Å². The van der Waals surface area contributed by atoms with Gasteiger partial charge in [-0.1, -0.05) is 0 Å². The first-order valence-corrected chi connectivity index (χ1v) is 3.85. The molecule has 0 aromatic rings. The second-order valence-electron chi connectivity index (χ2n) is 2.20. The molecule has 1 aliphatic carbocycles. The molecule has 1 aliphatic rings. The third-order valence-corrected chi connectivity index (χ3v) is 1.84. The van der Waals surface area contributed by atoms with E-state index in [4.69, 9.17) is 15.5 Å². The van der Waals surface area contributed by atoms with E-state index in [2.05, 4.69) is 18.2 Å². The Morgan fingerprint density at radius 1 is 1.11 bits per heavy atom. The average Bonchev–Trinajstić information content (AvgIpc) is 1.79. The minimum absolute atomic E-state index is 1.09. The van der Waals surface area contributed by atoms with Gasteiger partial charge < -0.3 is 0 Å². The van der Waals surface area contributed by atoms with Crippen LogP contribution in [0.25, 0.3) is 0 Å². The van der Waals surface area contributed by atoms with Gasteiger partial charge in [-0.05, 0) is 0 Å². The Bertz CT molecular complexity index is 134. The molecule has 0 heterocycles. The predicted molar refractivity (Wildman–Crippen MR) is 35.7 cm³/mol. The van der Waals surface area contributed by atoms with Gasteiger partial charge in [-0.2, -0.15) is 0 Å². The molecular weight excluding hydrogens is 155 g/mol. The molecule has 0 unspecified atom stereocenters. The minimum atomic E-state index is 1.09. The zero-order chi connectivity index (χ0) is 6.53. The molecule has 0 atom stereocenters. The molecule has 0 radical (unpaired) electrons. The summed E-state index contributed by atoms with van der Waals surface area (Å²) >= 11 is 4.78. The first-order chi connectivity index (χ1) is 4.39. The van der Waals surface area contributed by atoms with Crippen molar-refractivity contribution in [3.8, 4) is 0 Å². The topological polar surface area (TPSA) is 0 Å². The van der Waals surface area contributed by atoms with Crippen molar-refractivity contribution in [3.63, 3.8) is 0 Å². The standard InChI is InChI=1S/C8H11.Ni/c1-2-4-6-8-7-5-3-1;/h1-2,7H,3-6H2;/b2-1-,8-7?;. The maximum absolute atomic E-state index is 4.78. The maximum atomic E-state index is 4.78. The molecule has 0 fully saturated rings. The van der Waals surface area contributed by atoms with Gasteiger partial charge in [-0.15, -0.1) is 0 Å². The van der Waals surface area contributed by atoms with E-state index in [-0.39, 0.29) is 0 Å². The van der Waals surface area contributed by atoms with Gasteiger partial charge in [-0.3, -0.25) is 0 Å². The summed E-state index contributed by atoms with van der Waals surface area (Å²) < 4.78 is 1.18. The van der Waals surface area contributed by atoms with Gasteiger partial charge in [0.05, 0.1) is 0 Å². The Morgan fingerprint density at radius 3 is 2.78 bits per heavy atom. The summed E-state index contributed by atoms with van der Waals surface area (Å²) in [5, 5.41) is 0. The van der Waals surface area contributed by atoms with Crippen LogP contribution in [0.4, 0.5) is 0 Å². The van der Waals surface area contributed by atoms with Crippen molar-refractivity contribution < 1.29 is 15.5 Å². The van der Waals surface area contributed by atoms with Crippen molar-refractivity contribution in [2.24, 2.45) is 0 Å². The van der Waals surface area contributed by atoms with Crippen LogP contribution >= 0.6 is 0 Å². The van der Waals surface area contributed by atoms with Gasteiger partial charge in [0, 0.05) is 0 Å². The monoisotopic (exact) mass is 165 g/mol. The van der Waals surface area contributed by atoms with Crippen LogP contribution in [0.5, 0.6) is 0 Å². The second-order valence-corrected chi connectivity index (χ2v) is 2.83. The van der Waals surface area contributed by atoms with Crippen molar-refractivity contribution in [2.45, 2.75) is 25.7 Å². The van der Waals surface area contributed by atoms with Crippen molar-refractivity contribution >= 4 is 0 Å². The molecule has 53 valence electrons. The van der Waals surface area contributed by atoms with E-state index in [0.29, 0.717) is 0 Å². The van der Waals surface area contributed by atoms with Crippen LogP contribution < -0.4 is 0 Å². The number of allylic oxidation sites excluding steroid dienone is 4. The Balaban J connectivity index is 2.41. The van der Waals surface area contributed by atoms with Crippen LogP contribution in [0.2, 0.25) is 0 Å². The summed E-state index contributed by atoms with van der Waals surface area (Å²) in [6, 6.07) is 0. The molecule has 0 aromatic heterocycles. The average molecular weight is 166 g/mol. The van der Waals surface area contributed by atoms with Gasteiger partial charge in [0.2, 0.25) is 0 Å².